The van der Waals surface area contributed by atoms with E-state index >= 15 is 8.78 Å². The van der Waals surface area contributed by atoms with Gasteiger partial charge in [0.2, 0.25) is 0 Å². The van der Waals surface area contributed by atoms with E-state index in [-0.39, 0.29) is 59.7 Å². The average molecular weight is 1730 g/mol. The highest BCUT2D eigenvalue weighted by Crippen LogP contribution is 2.40. The number of likely N-dealkylation sites (tertiary alicyclic amines) is 3. The van der Waals surface area contributed by atoms with Crippen molar-refractivity contribution in [1.82, 2.24) is 30.7 Å². The van der Waals surface area contributed by atoms with Gasteiger partial charge in [0.15, 0.2) is 51.8 Å². The topological polar surface area (TPSA) is 353 Å². The molecule has 32 heteroatoms. The fourth-order valence-electron chi connectivity index (χ4n) is 14.8. The number of nitrogens with one attached hydrogen (secondary N) is 3. The molecule has 7 aliphatic heterocycles. The summed E-state index contributed by atoms with van der Waals surface area (Å²) >= 11 is 5.95. The number of fused-ring (bicyclic) bond motifs is 5. The third-order valence-corrected chi connectivity index (χ3v) is 22.2. The zero-order valence-electron chi connectivity index (χ0n) is 66.3. The van der Waals surface area contributed by atoms with Crippen LogP contribution in [-0.4, -0.2) is 209 Å². The Hall–Kier alpha value is -9.77. The zero-order valence-corrected chi connectivity index (χ0v) is 67.9. The van der Waals surface area contributed by atoms with Gasteiger partial charge in [0, 0.05) is 54.2 Å². The fraction of sp³-hybridized carbons (Fsp3) is 0.472. The van der Waals surface area contributed by atoms with Crippen LogP contribution in [0.2, 0.25) is 5.02 Å². The largest absolute Gasteiger partial charge is 0.486 e. The van der Waals surface area contributed by atoms with Gasteiger partial charge in [-0.25, -0.2) is 9.59 Å². The molecule has 0 saturated carbocycles. The second kappa shape index (κ2) is 44.9. The summed E-state index contributed by atoms with van der Waals surface area (Å²) in [4.78, 5) is 44.4. The molecule has 1 aromatic heterocycles. The smallest absolute Gasteiger partial charge is 0.407 e. The van der Waals surface area contributed by atoms with Crippen LogP contribution in [-0.2, 0) is 47.7 Å². The van der Waals surface area contributed by atoms with Gasteiger partial charge in [-0.2, -0.15) is 17.2 Å². The number of hydrogen-bond acceptors (Lipinski definition) is 25. The van der Waals surface area contributed by atoms with Crippen LogP contribution in [0.15, 0.2) is 162 Å². The van der Waals surface area contributed by atoms with E-state index in [4.69, 9.17) is 73.3 Å². The van der Waals surface area contributed by atoms with Gasteiger partial charge < -0.3 is 93.9 Å². The van der Waals surface area contributed by atoms with Crippen molar-refractivity contribution in [3.05, 3.63) is 202 Å². The SMILES string of the molecule is C.C.C.CS(=O)(=O)OC[C@@H](NC(=O)OCc1ccccc1)[C@H](O)c1ccc2c(c1)OCCO2.C[C@H]1CCCN1C[C@@H](N)[C@H](O)c1ccc2c(c1)OCCO2.C[C@H]1CCCN1C[C@@H](NC(=O)C(F)(F)c1cc2cc(Cl)ccc2o1)[C@H](O)c1ccc2c(c1)OCCO2.C[C@H]1CCCN1C[C@@H](NC(=O)OCc1ccccc1)[C@H](O)c1ccc2c(c1)OCCO2. The Kier molecular flexibility index (Phi) is 35.2. The minimum absolute atomic E-state index is 0. The second-order valence-corrected chi connectivity index (χ2v) is 32.2. The molecule has 121 heavy (non-hydrogen) atoms. The molecule has 660 valence electrons. The van der Waals surface area contributed by atoms with E-state index in [1.807, 2.05) is 79.7 Å². The van der Waals surface area contributed by atoms with Gasteiger partial charge >= 0.3 is 18.1 Å². The highest BCUT2D eigenvalue weighted by Gasteiger charge is 2.47. The molecule has 3 fully saturated rings. The molecule has 11 atom stereocenters. The highest BCUT2D eigenvalue weighted by atomic mass is 35.5. The summed E-state index contributed by atoms with van der Waals surface area (Å²) in [6.07, 6.45) is 1.96. The first-order valence-corrected chi connectivity index (χ1v) is 41.9. The van der Waals surface area contributed by atoms with Crippen molar-refractivity contribution < 1.29 is 108 Å². The van der Waals surface area contributed by atoms with Gasteiger partial charge in [0.1, 0.15) is 90.0 Å². The molecular weight excluding hydrogens is 1610 g/mol. The quantitative estimate of drug-likeness (QED) is 0.0233. The van der Waals surface area contributed by atoms with Crippen molar-refractivity contribution in [2.24, 2.45) is 5.73 Å². The number of carbonyl (C=O) groups excluding carboxylic acids is 3. The standard InChI is InChI=1S/C26H27ClF2N2O5.C24H30N2O5.C20H23NO8S.C16H24N2O3.3CH4/c1-15-3-2-8-31(15)14-19(24(32)16-4-6-21-22(12-16)35-10-9-34-21)30-25(33)26(28,29)23-13-17-11-18(27)5-7-20(17)36-23;1-17-6-5-11-26(17)15-20(25-24(28)31-16-18-7-3-2-4-8-18)23(27)19-9-10-21-22(14-19)30-13-12-29-21;1-30(24,25)29-13-16(21-20(23)28-12-14-5-3-2-4-6-14)19(22)15-7-8-17-18(11-15)27-10-9-26-17;1-11-3-2-6-18(11)10-13(17)16(19)12-4-5-14-15(9-12)21-8-7-20-14;;;/h4-7,11-13,15,19,24,32H,2-3,8-10,14H2,1H3,(H,30,33);2-4,7-10,14,17,20,23,27H,5-6,11-13,15-16H2,1H3,(H,25,28);2-8,11,16,19,22H,9-10,12-13H2,1H3,(H,21,23);4-5,9,11,13,16,19H,2-3,6-8,10,17H2,1H3;3*1H4/t15-,19+,24+;17-,20+,23+;16-,19-;11-,13+,16+;;;/m0010.../s1. The molecular formula is C89H116ClF2N7O21S. The van der Waals surface area contributed by atoms with Crippen LogP contribution >= 0.6 is 11.6 Å². The average Bonchev–Trinajstić information content (AvgIpc) is 1.67. The van der Waals surface area contributed by atoms with Crippen molar-refractivity contribution in [3.63, 3.8) is 0 Å². The predicted octanol–water partition coefficient (Wildman–Crippen LogP) is 12.9. The van der Waals surface area contributed by atoms with Crippen LogP contribution in [0, 0.1) is 0 Å². The van der Waals surface area contributed by atoms with E-state index in [0.29, 0.717) is 139 Å². The number of amides is 3. The minimum atomic E-state index is -3.97. The van der Waals surface area contributed by atoms with E-state index in [1.165, 1.54) is 31.0 Å². The van der Waals surface area contributed by atoms with Crippen LogP contribution in [0.25, 0.3) is 11.0 Å². The lowest BCUT2D eigenvalue weighted by Gasteiger charge is -2.32. The molecule has 0 radical (unpaired) electrons. The fourth-order valence-corrected chi connectivity index (χ4v) is 15.4. The number of aliphatic hydroxyl groups excluding tert-OH is 4. The van der Waals surface area contributed by atoms with E-state index in [1.54, 1.807) is 60.7 Å². The second-order valence-electron chi connectivity index (χ2n) is 30.1. The number of nitrogens with zero attached hydrogens (tertiary/aromatic N) is 3. The maximum atomic E-state index is 15.3. The summed E-state index contributed by atoms with van der Waals surface area (Å²) in [7, 11) is -3.79. The lowest BCUT2D eigenvalue weighted by molar-refractivity contribution is -0.151. The molecule has 0 aliphatic carbocycles. The maximum Gasteiger partial charge on any atom is 0.407 e. The van der Waals surface area contributed by atoms with E-state index in [9.17, 15) is 43.2 Å². The van der Waals surface area contributed by atoms with Crippen molar-refractivity contribution in [2.45, 2.75) is 167 Å². The van der Waals surface area contributed by atoms with Crippen molar-refractivity contribution in [3.8, 4) is 46.0 Å². The molecule has 9 N–H and O–H groups in total. The number of carbonyl (C=O) groups is 3. The third-order valence-electron chi connectivity index (χ3n) is 21.4. The molecule has 15 rings (SSSR count). The van der Waals surface area contributed by atoms with Crippen LogP contribution in [0.5, 0.6) is 46.0 Å². The molecule has 8 heterocycles. The summed E-state index contributed by atoms with van der Waals surface area (Å²) in [6, 6.07) is 43.1. The Morgan fingerprint density at radius 2 is 0.843 bits per heavy atom. The number of ether oxygens (including phenoxy) is 10. The molecule has 3 saturated heterocycles. The van der Waals surface area contributed by atoms with Gasteiger partial charge in [-0.15, -0.1) is 0 Å². The molecule has 0 bridgehead atoms. The highest BCUT2D eigenvalue weighted by molar-refractivity contribution is 7.86. The van der Waals surface area contributed by atoms with Crippen molar-refractivity contribution >= 4 is 50.8 Å². The predicted molar refractivity (Wildman–Crippen MR) is 453 cm³/mol. The Morgan fingerprint density at radius 1 is 0.488 bits per heavy atom. The summed E-state index contributed by atoms with van der Waals surface area (Å²) in [5, 5.41) is 52.2. The Morgan fingerprint density at radius 3 is 1.22 bits per heavy atom. The number of rotatable bonds is 26. The normalized spacial score (nSPS) is 19.1. The van der Waals surface area contributed by atoms with Gasteiger partial charge in [0.25, 0.3) is 16.0 Å². The lowest BCUT2D eigenvalue weighted by atomic mass is 10.00. The molecule has 28 nitrogen and oxygen atoms in total. The molecule has 8 aromatic rings. The summed E-state index contributed by atoms with van der Waals surface area (Å²) in [5.74, 6) is -1.61. The van der Waals surface area contributed by atoms with E-state index in [0.717, 1.165) is 86.6 Å². The number of alkyl halides is 2. The van der Waals surface area contributed by atoms with Gasteiger partial charge in [0.05, 0.1) is 37.1 Å². The first-order chi connectivity index (χ1) is 56.8. The molecule has 3 amide bonds. The number of benzene rings is 7. The summed E-state index contributed by atoms with van der Waals surface area (Å²) in [6.45, 7) is 14.1. The van der Waals surface area contributed by atoms with Gasteiger partial charge in [-0.1, -0.05) is 119 Å². The van der Waals surface area contributed by atoms with E-state index < -0.39 is 89.0 Å². The number of alkyl carbamates (subject to hydrolysis) is 2. The Bertz CT molecular complexity index is 4760. The molecule has 7 aromatic carbocycles. The summed E-state index contributed by atoms with van der Waals surface area (Å²) < 4.78 is 118. The van der Waals surface area contributed by atoms with E-state index in [2.05, 4.69) is 44.5 Å². The van der Waals surface area contributed by atoms with Crippen molar-refractivity contribution in [1.29, 1.82) is 0 Å². The lowest BCUT2D eigenvalue weighted by Crippen LogP contribution is -2.51. The number of hydrogen-bond donors (Lipinski definition) is 8. The number of nitrogens with two attached hydrogens (primary N) is 1. The Balaban J connectivity index is 0.000000184. The molecule has 0 spiro atoms. The van der Waals surface area contributed by atoms with Crippen LogP contribution in [0.3, 0.4) is 0 Å². The molecule has 7 aliphatic rings. The minimum Gasteiger partial charge on any atom is -0.486 e. The number of aliphatic hydroxyl groups is 4. The first-order valence-electron chi connectivity index (χ1n) is 39.7. The Labute approximate surface area is 711 Å². The van der Waals surface area contributed by atoms with Gasteiger partial charge in [-0.05, 0) is 185 Å². The third kappa shape index (κ3) is 26.4. The van der Waals surface area contributed by atoms with Crippen LogP contribution in [0.1, 0.15) is 145 Å². The monoisotopic (exact) mass is 1720 g/mol. The van der Waals surface area contributed by atoms with Crippen LogP contribution < -0.4 is 59.6 Å². The number of halogens is 3. The summed E-state index contributed by atoms with van der Waals surface area (Å²) in [5.41, 5.74) is 10.4. The first kappa shape index (κ1) is 95.1. The zero-order chi connectivity index (χ0) is 83.5. The number of furan rings is 1. The van der Waals surface area contributed by atoms with Gasteiger partial charge in [-0.3, -0.25) is 23.7 Å². The van der Waals surface area contributed by atoms with Crippen LogP contribution in [0.4, 0.5) is 18.4 Å². The van der Waals surface area contributed by atoms with Crippen molar-refractivity contribution in [2.75, 3.05) is 105 Å². The molecule has 0 unspecified atom stereocenters. The maximum absolute atomic E-state index is 15.3.